The first kappa shape index (κ1) is 12.9. The summed E-state index contributed by atoms with van der Waals surface area (Å²) >= 11 is 2.71. The first-order valence-electron chi connectivity index (χ1n) is 4.34. The lowest BCUT2D eigenvalue weighted by Gasteiger charge is -2.14. The molecule has 0 saturated heterocycles. The van der Waals surface area contributed by atoms with Crippen LogP contribution in [0.15, 0.2) is 10.5 Å². The van der Waals surface area contributed by atoms with Crippen LogP contribution < -0.4 is 4.74 Å². The molecular formula is C10H9BrF2O3. The second-order valence-corrected chi connectivity index (χ2v) is 3.96. The minimum atomic E-state index is -1.18. The van der Waals surface area contributed by atoms with Crippen molar-refractivity contribution < 1.29 is 23.4 Å². The van der Waals surface area contributed by atoms with Gasteiger partial charge in [0.2, 0.25) is 0 Å². The van der Waals surface area contributed by atoms with E-state index in [1.54, 1.807) is 0 Å². The minimum Gasteiger partial charge on any atom is -0.493 e. The summed E-state index contributed by atoms with van der Waals surface area (Å²) in [6, 6.07) is 0.949. The zero-order valence-corrected chi connectivity index (χ0v) is 10.1. The first-order chi connectivity index (χ1) is 7.40. The van der Waals surface area contributed by atoms with E-state index in [0.29, 0.717) is 0 Å². The van der Waals surface area contributed by atoms with E-state index in [4.69, 9.17) is 9.84 Å². The summed E-state index contributed by atoms with van der Waals surface area (Å²) in [6.45, 7) is 1.33. The Hall–Kier alpha value is -1.17. The van der Waals surface area contributed by atoms with Crippen molar-refractivity contribution in [1.29, 1.82) is 0 Å². The van der Waals surface area contributed by atoms with Gasteiger partial charge in [-0.05, 0) is 28.9 Å². The molecule has 88 valence electrons. The van der Waals surface area contributed by atoms with Crippen molar-refractivity contribution in [2.24, 2.45) is 0 Å². The maximum absolute atomic E-state index is 13.5. The highest BCUT2D eigenvalue weighted by molar-refractivity contribution is 9.10. The van der Waals surface area contributed by atoms with Gasteiger partial charge in [0.25, 0.3) is 0 Å². The number of benzene rings is 1. The van der Waals surface area contributed by atoms with Crippen LogP contribution in [0.3, 0.4) is 0 Å². The van der Waals surface area contributed by atoms with E-state index in [-0.39, 0.29) is 15.8 Å². The van der Waals surface area contributed by atoms with E-state index >= 15 is 0 Å². The quantitative estimate of drug-likeness (QED) is 0.872. The van der Waals surface area contributed by atoms with Gasteiger partial charge in [0.15, 0.2) is 11.6 Å². The van der Waals surface area contributed by atoms with Crippen LogP contribution in [0, 0.1) is 11.6 Å². The third kappa shape index (κ3) is 2.16. The lowest BCUT2D eigenvalue weighted by Crippen LogP contribution is -2.10. The van der Waals surface area contributed by atoms with Gasteiger partial charge in [0, 0.05) is 5.56 Å². The number of carbonyl (C=O) groups is 1. The molecule has 3 nitrogen and oxygen atoms in total. The Labute approximate surface area is 99.2 Å². The Balaban J connectivity index is 3.44. The fourth-order valence-corrected chi connectivity index (χ4v) is 1.55. The molecule has 6 heteroatoms. The Morgan fingerprint density at radius 3 is 2.56 bits per heavy atom. The van der Waals surface area contributed by atoms with Gasteiger partial charge in [0.1, 0.15) is 5.82 Å². The number of hydrogen-bond donors (Lipinski definition) is 1. The highest BCUT2D eigenvalue weighted by Crippen LogP contribution is 2.35. The van der Waals surface area contributed by atoms with Gasteiger partial charge >= 0.3 is 5.97 Å². The Morgan fingerprint density at radius 1 is 1.56 bits per heavy atom. The molecule has 0 aliphatic rings. The molecule has 0 saturated carbocycles. The molecule has 1 aromatic rings. The number of aliphatic carboxylic acids is 1. The molecule has 1 rings (SSSR count). The van der Waals surface area contributed by atoms with Gasteiger partial charge in [-0.2, -0.15) is 0 Å². The molecule has 1 N–H and O–H groups in total. The molecule has 0 heterocycles. The number of carboxylic acid groups (broad SMARTS) is 1. The number of hydrogen-bond acceptors (Lipinski definition) is 2. The van der Waals surface area contributed by atoms with Crippen molar-refractivity contribution in [3.05, 3.63) is 27.7 Å². The molecule has 0 bridgehead atoms. The second kappa shape index (κ2) is 4.78. The number of rotatable bonds is 3. The predicted octanol–water partition coefficient (Wildman–Crippen LogP) is 2.92. The molecule has 1 unspecified atom stereocenters. The summed E-state index contributed by atoms with van der Waals surface area (Å²) in [6.07, 6.45) is 0. The standard InChI is InChI=1S/C10H9BrF2O3/c1-4(10(14)15)5-3-6(12)7(11)8(13)9(5)16-2/h3-4H,1-2H3,(H,14,15). The molecule has 0 aliphatic heterocycles. The van der Waals surface area contributed by atoms with E-state index in [2.05, 4.69) is 15.9 Å². The number of carboxylic acids is 1. The molecular weight excluding hydrogens is 286 g/mol. The first-order valence-corrected chi connectivity index (χ1v) is 5.13. The molecule has 0 radical (unpaired) electrons. The monoisotopic (exact) mass is 294 g/mol. The number of halogens is 3. The molecule has 0 aliphatic carbocycles. The molecule has 0 amide bonds. The highest BCUT2D eigenvalue weighted by Gasteiger charge is 2.24. The largest absolute Gasteiger partial charge is 0.493 e. The third-order valence-corrected chi connectivity index (χ3v) is 2.91. The smallest absolute Gasteiger partial charge is 0.310 e. The van der Waals surface area contributed by atoms with Crippen molar-refractivity contribution in [3.8, 4) is 5.75 Å². The van der Waals surface area contributed by atoms with E-state index in [9.17, 15) is 13.6 Å². The fraction of sp³-hybridized carbons (Fsp3) is 0.300. The van der Waals surface area contributed by atoms with Crippen molar-refractivity contribution >= 4 is 21.9 Å². The topological polar surface area (TPSA) is 46.5 Å². The van der Waals surface area contributed by atoms with Gasteiger partial charge < -0.3 is 9.84 Å². The Kier molecular flexibility index (Phi) is 3.85. The SMILES string of the molecule is COc1c(C(C)C(=O)O)cc(F)c(Br)c1F. The van der Waals surface area contributed by atoms with E-state index < -0.39 is 23.5 Å². The lowest BCUT2D eigenvalue weighted by molar-refractivity contribution is -0.138. The normalized spacial score (nSPS) is 12.3. The van der Waals surface area contributed by atoms with Crippen molar-refractivity contribution in [3.63, 3.8) is 0 Å². The maximum atomic E-state index is 13.5. The lowest BCUT2D eigenvalue weighted by atomic mass is 10.00. The summed E-state index contributed by atoms with van der Waals surface area (Å²) in [7, 11) is 1.20. The predicted molar refractivity (Wildman–Crippen MR) is 56.7 cm³/mol. The van der Waals surface area contributed by atoms with Gasteiger partial charge in [-0.25, -0.2) is 8.78 Å². The highest BCUT2D eigenvalue weighted by atomic mass is 79.9. The average Bonchev–Trinajstić information content (AvgIpc) is 2.24. The summed E-state index contributed by atoms with van der Waals surface area (Å²) in [4.78, 5) is 10.8. The van der Waals surface area contributed by atoms with Gasteiger partial charge in [-0.1, -0.05) is 0 Å². The van der Waals surface area contributed by atoms with Crippen LogP contribution in [0.4, 0.5) is 8.78 Å². The summed E-state index contributed by atoms with van der Waals surface area (Å²) in [5.74, 6) is -4.29. The second-order valence-electron chi connectivity index (χ2n) is 3.17. The summed E-state index contributed by atoms with van der Waals surface area (Å²) in [5, 5.41) is 8.79. The van der Waals surface area contributed by atoms with Crippen molar-refractivity contribution in [2.75, 3.05) is 7.11 Å². The van der Waals surface area contributed by atoms with Crippen molar-refractivity contribution in [2.45, 2.75) is 12.8 Å². The van der Waals surface area contributed by atoms with Gasteiger partial charge in [-0.3, -0.25) is 4.79 Å². The summed E-state index contributed by atoms with van der Waals surface area (Å²) in [5.41, 5.74) is -0.0341. The van der Waals surface area contributed by atoms with Crippen LogP contribution in [0.2, 0.25) is 0 Å². The van der Waals surface area contributed by atoms with Gasteiger partial charge in [-0.15, -0.1) is 0 Å². The Morgan fingerprint density at radius 2 is 2.12 bits per heavy atom. The van der Waals surface area contributed by atoms with Gasteiger partial charge in [0.05, 0.1) is 17.5 Å². The average molecular weight is 295 g/mol. The third-order valence-electron chi connectivity index (χ3n) is 2.19. The van der Waals surface area contributed by atoms with E-state index in [0.717, 1.165) is 6.07 Å². The number of ether oxygens (including phenoxy) is 1. The van der Waals surface area contributed by atoms with Crippen molar-refractivity contribution in [1.82, 2.24) is 0 Å². The molecule has 1 atom stereocenters. The van der Waals surface area contributed by atoms with Crippen LogP contribution >= 0.6 is 15.9 Å². The van der Waals surface area contributed by atoms with Crippen LogP contribution in [-0.2, 0) is 4.79 Å². The molecule has 0 aromatic heterocycles. The van der Waals surface area contributed by atoms with Crippen LogP contribution in [-0.4, -0.2) is 18.2 Å². The molecule has 1 aromatic carbocycles. The zero-order valence-electron chi connectivity index (χ0n) is 8.55. The fourth-order valence-electron chi connectivity index (χ4n) is 1.26. The molecule has 16 heavy (non-hydrogen) atoms. The van der Waals surface area contributed by atoms with Crippen LogP contribution in [0.5, 0.6) is 5.75 Å². The molecule has 0 spiro atoms. The van der Waals surface area contributed by atoms with E-state index in [1.807, 2.05) is 0 Å². The minimum absolute atomic E-state index is 0.0341. The van der Waals surface area contributed by atoms with E-state index in [1.165, 1.54) is 14.0 Å². The zero-order chi connectivity index (χ0) is 12.5. The number of methoxy groups -OCH3 is 1. The maximum Gasteiger partial charge on any atom is 0.310 e. The summed E-state index contributed by atoms with van der Waals surface area (Å²) < 4.78 is 31.2. The van der Waals surface area contributed by atoms with Crippen LogP contribution in [0.1, 0.15) is 18.4 Å². The Bertz CT molecular complexity index is 435. The molecule has 0 fully saturated rings. The van der Waals surface area contributed by atoms with Crippen LogP contribution in [0.25, 0.3) is 0 Å².